The molecule has 0 bridgehead atoms. The Kier molecular flexibility index (Phi) is 5.12. The van der Waals surface area contributed by atoms with Crippen molar-refractivity contribution in [1.82, 2.24) is 0 Å². The van der Waals surface area contributed by atoms with Gasteiger partial charge in [0.05, 0.1) is 5.38 Å². The van der Waals surface area contributed by atoms with Crippen molar-refractivity contribution in [3.05, 3.63) is 6.42 Å². The Labute approximate surface area is 54.8 Å². The van der Waals surface area contributed by atoms with Crippen LogP contribution in [0.1, 0.15) is 13.3 Å². The predicted octanol–water partition coefficient (Wildman–Crippen LogP) is 2.45. The van der Waals surface area contributed by atoms with E-state index in [1.165, 1.54) is 0 Å². The molecule has 0 N–H and O–H groups in total. The lowest BCUT2D eigenvalue weighted by atomic mass is 10.3. The first-order chi connectivity index (χ1) is 3.31. The summed E-state index contributed by atoms with van der Waals surface area (Å²) in [6, 6.07) is 0. The van der Waals surface area contributed by atoms with E-state index in [2.05, 4.69) is 0 Å². The van der Waals surface area contributed by atoms with Gasteiger partial charge in [-0.25, -0.2) is 0 Å². The van der Waals surface area contributed by atoms with Crippen molar-refractivity contribution < 1.29 is 0 Å². The maximum atomic E-state index is 5.58. The second-order valence-electron chi connectivity index (χ2n) is 1.31. The maximum Gasteiger partial charge on any atom is 0.0502 e. The summed E-state index contributed by atoms with van der Waals surface area (Å²) in [4.78, 5) is 0. The standard InChI is InChI=1S/C5H9Cl2/c1-2-3-5(7)4-6/h3,5H,2,4H2,1H3. The third kappa shape index (κ3) is 4.43. The first-order valence-corrected chi connectivity index (χ1v) is 3.31. The van der Waals surface area contributed by atoms with E-state index in [0.29, 0.717) is 5.88 Å². The fraction of sp³-hybridized carbons (Fsp3) is 0.800. The molecule has 0 saturated heterocycles. The zero-order valence-corrected chi connectivity index (χ0v) is 5.84. The van der Waals surface area contributed by atoms with Gasteiger partial charge in [-0.2, -0.15) is 0 Å². The van der Waals surface area contributed by atoms with Crippen LogP contribution in [0.25, 0.3) is 0 Å². The molecule has 0 aromatic heterocycles. The van der Waals surface area contributed by atoms with E-state index in [0.717, 1.165) is 6.42 Å². The largest absolute Gasteiger partial charge is 0.125 e. The molecule has 1 radical (unpaired) electrons. The molecular formula is C5H9Cl2. The fourth-order valence-electron chi connectivity index (χ4n) is 0.319. The monoisotopic (exact) mass is 139 g/mol. The molecule has 0 heterocycles. The minimum atomic E-state index is 0.0617. The molecule has 0 fully saturated rings. The lowest BCUT2D eigenvalue weighted by Gasteiger charge is -1.97. The normalized spacial score (nSPS) is 14.1. The molecule has 7 heavy (non-hydrogen) atoms. The average molecular weight is 140 g/mol. The number of hydrogen-bond donors (Lipinski definition) is 0. The van der Waals surface area contributed by atoms with Crippen LogP contribution in [0.4, 0.5) is 0 Å². The van der Waals surface area contributed by atoms with Crippen molar-refractivity contribution in [3.8, 4) is 0 Å². The van der Waals surface area contributed by atoms with Crippen LogP contribution in [0.5, 0.6) is 0 Å². The molecule has 1 unspecified atom stereocenters. The Hall–Kier alpha value is 0.580. The Morgan fingerprint density at radius 2 is 2.29 bits per heavy atom. The molecule has 0 aliphatic carbocycles. The number of rotatable bonds is 3. The predicted molar refractivity (Wildman–Crippen MR) is 35.0 cm³/mol. The molecule has 0 aromatic rings. The number of halogens is 2. The van der Waals surface area contributed by atoms with Crippen LogP contribution in [-0.2, 0) is 0 Å². The average Bonchev–Trinajstić information content (AvgIpc) is 1.68. The van der Waals surface area contributed by atoms with E-state index in [1.54, 1.807) is 0 Å². The lowest BCUT2D eigenvalue weighted by Crippen LogP contribution is -1.98. The Morgan fingerprint density at radius 1 is 1.71 bits per heavy atom. The first kappa shape index (κ1) is 7.58. The highest BCUT2D eigenvalue weighted by atomic mass is 35.5. The first-order valence-electron chi connectivity index (χ1n) is 2.34. The minimum Gasteiger partial charge on any atom is -0.125 e. The van der Waals surface area contributed by atoms with Crippen LogP contribution in [0, 0.1) is 6.42 Å². The quantitative estimate of drug-likeness (QED) is 0.528. The molecule has 0 saturated carbocycles. The smallest absolute Gasteiger partial charge is 0.0502 e. The van der Waals surface area contributed by atoms with E-state index in [1.807, 2.05) is 13.3 Å². The van der Waals surface area contributed by atoms with Gasteiger partial charge in [0.1, 0.15) is 0 Å². The number of hydrogen-bond acceptors (Lipinski definition) is 0. The molecule has 0 spiro atoms. The van der Waals surface area contributed by atoms with Gasteiger partial charge < -0.3 is 0 Å². The van der Waals surface area contributed by atoms with Crippen molar-refractivity contribution >= 4 is 23.2 Å². The molecular weight excluding hydrogens is 131 g/mol. The summed E-state index contributed by atoms with van der Waals surface area (Å²) in [6.45, 7) is 2.04. The van der Waals surface area contributed by atoms with E-state index < -0.39 is 0 Å². The Bertz CT molecular complexity index is 37.1. The summed E-state index contributed by atoms with van der Waals surface area (Å²) in [5.74, 6) is 0.523. The van der Waals surface area contributed by atoms with Crippen molar-refractivity contribution in [2.75, 3.05) is 5.88 Å². The highest BCUT2D eigenvalue weighted by Gasteiger charge is 1.97. The lowest BCUT2D eigenvalue weighted by molar-refractivity contribution is 0.982. The highest BCUT2D eigenvalue weighted by Crippen LogP contribution is 2.04. The van der Waals surface area contributed by atoms with E-state index in [4.69, 9.17) is 23.2 Å². The van der Waals surface area contributed by atoms with Crippen molar-refractivity contribution in [2.24, 2.45) is 0 Å². The zero-order valence-electron chi connectivity index (χ0n) is 4.32. The molecule has 43 valence electrons. The van der Waals surface area contributed by atoms with Gasteiger partial charge in [0.15, 0.2) is 0 Å². The Morgan fingerprint density at radius 3 is 2.43 bits per heavy atom. The molecule has 0 amide bonds. The van der Waals surface area contributed by atoms with Gasteiger partial charge in [0, 0.05) is 5.88 Å². The summed E-state index contributed by atoms with van der Waals surface area (Å²) >= 11 is 10.9. The molecule has 2 heteroatoms. The van der Waals surface area contributed by atoms with Crippen LogP contribution in [0.3, 0.4) is 0 Å². The molecule has 0 nitrogen and oxygen atoms in total. The van der Waals surface area contributed by atoms with Gasteiger partial charge in [-0.05, 0) is 6.42 Å². The molecule has 1 atom stereocenters. The summed E-state index contributed by atoms with van der Waals surface area (Å²) in [5, 5.41) is 0.0617. The number of alkyl halides is 2. The van der Waals surface area contributed by atoms with Crippen LogP contribution in [0.15, 0.2) is 0 Å². The highest BCUT2D eigenvalue weighted by molar-refractivity contribution is 6.28. The second kappa shape index (κ2) is 4.73. The topological polar surface area (TPSA) is 0 Å². The second-order valence-corrected chi connectivity index (χ2v) is 2.18. The minimum absolute atomic E-state index is 0.0617. The van der Waals surface area contributed by atoms with Gasteiger partial charge in [-0.3, -0.25) is 0 Å². The van der Waals surface area contributed by atoms with Crippen LogP contribution in [-0.4, -0.2) is 11.3 Å². The molecule has 0 aromatic carbocycles. The summed E-state index contributed by atoms with van der Waals surface area (Å²) < 4.78 is 0. The van der Waals surface area contributed by atoms with E-state index >= 15 is 0 Å². The summed E-state index contributed by atoms with van der Waals surface area (Å²) in [5.41, 5.74) is 0. The molecule has 0 rings (SSSR count). The Balaban J connectivity index is 2.83. The third-order valence-corrected chi connectivity index (χ3v) is 1.46. The van der Waals surface area contributed by atoms with Gasteiger partial charge in [-0.1, -0.05) is 13.3 Å². The van der Waals surface area contributed by atoms with Crippen molar-refractivity contribution in [3.63, 3.8) is 0 Å². The van der Waals surface area contributed by atoms with Crippen LogP contribution < -0.4 is 0 Å². The molecule has 0 aliphatic heterocycles. The van der Waals surface area contributed by atoms with E-state index in [-0.39, 0.29) is 5.38 Å². The van der Waals surface area contributed by atoms with Crippen LogP contribution in [0.2, 0.25) is 0 Å². The SMILES string of the molecule is CC[CH]C(Cl)CCl. The van der Waals surface area contributed by atoms with Gasteiger partial charge in [-0.15, -0.1) is 23.2 Å². The fourth-order valence-corrected chi connectivity index (χ4v) is 0.623. The van der Waals surface area contributed by atoms with Crippen molar-refractivity contribution in [1.29, 1.82) is 0 Å². The van der Waals surface area contributed by atoms with Gasteiger partial charge in [0.25, 0.3) is 0 Å². The molecule has 0 aliphatic rings. The third-order valence-electron chi connectivity index (χ3n) is 0.639. The zero-order chi connectivity index (χ0) is 5.70. The maximum absolute atomic E-state index is 5.58. The van der Waals surface area contributed by atoms with Crippen LogP contribution >= 0.6 is 23.2 Å². The van der Waals surface area contributed by atoms with Crippen molar-refractivity contribution in [2.45, 2.75) is 18.7 Å². The van der Waals surface area contributed by atoms with Gasteiger partial charge >= 0.3 is 0 Å². The summed E-state index contributed by atoms with van der Waals surface area (Å²) in [7, 11) is 0. The van der Waals surface area contributed by atoms with E-state index in [9.17, 15) is 0 Å². The summed E-state index contributed by atoms with van der Waals surface area (Å²) in [6.07, 6.45) is 2.98. The van der Waals surface area contributed by atoms with Gasteiger partial charge in [0.2, 0.25) is 0 Å².